The van der Waals surface area contributed by atoms with Crippen LogP contribution < -0.4 is 5.32 Å². The third-order valence-electron chi connectivity index (χ3n) is 2.27. The average Bonchev–Trinajstić information content (AvgIpc) is 2.26. The lowest BCUT2D eigenvalue weighted by Gasteiger charge is -2.23. The number of nitrogens with one attached hydrogen (secondary N) is 1. The van der Waals surface area contributed by atoms with Crippen molar-refractivity contribution in [2.45, 2.75) is 38.8 Å². The molecule has 0 aliphatic rings. The maximum Gasteiger partial charge on any atom is 0.408 e. The lowest BCUT2D eigenvalue weighted by atomic mass is 10.0. The molecule has 0 aromatic heterocycles. The molecule has 1 rings (SSSR count). The molecule has 104 valence electrons. The van der Waals surface area contributed by atoms with Gasteiger partial charge < -0.3 is 14.8 Å². The van der Waals surface area contributed by atoms with E-state index in [2.05, 4.69) is 5.32 Å². The minimum atomic E-state index is -0.579. The van der Waals surface area contributed by atoms with Crippen molar-refractivity contribution in [3.8, 4) is 0 Å². The second-order valence-corrected chi connectivity index (χ2v) is 5.59. The fraction of sp³-hybridized carbons (Fsp3) is 0.429. The number of rotatable bonds is 4. The SMILES string of the molecule is CC(C)(C)OC(=O)N[C@H](CC=O)c1cccc(Cl)c1. The minimum absolute atomic E-state index is 0.166. The number of halogens is 1. The molecule has 0 heterocycles. The van der Waals surface area contributed by atoms with Crippen molar-refractivity contribution in [1.82, 2.24) is 5.32 Å². The van der Waals surface area contributed by atoms with Crippen molar-refractivity contribution >= 4 is 24.0 Å². The van der Waals surface area contributed by atoms with Gasteiger partial charge in [0, 0.05) is 11.4 Å². The van der Waals surface area contributed by atoms with E-state index in [-0.39, 0.29) is 6.42 Å². The van der Waals surface area contributed by atoms with Crippen molar-refractivity contribution in [3.63, 3.8) is 0 Å². The quantitative estimate of drug-likeness (QED) is 0.861. The van der Waals surface area contributed by atoms with Gasteiger partial charge in [0.25, 0.3) is 0 Å². The van der Waals surface area contributed by atoms with Crippen molar-refractivity contribution in [3.05, 3.63) is 34.9 Å². The van der Waals surface area contributed by atoms with Gasteiger partial charge in [-0.1, -0.05) is 23.7 Å². The highest BCUT2D eigenvalue weighted by Crippen LogP contribution is 2.20. The van der Waals surface area contributed by atoms with Gasteiger partial charge in [-0.2, -0.15) is 0 Å². The zero-order chi connectivity index (χ0) is 14.5. The number of aldehydes is 1. The van der Waals surface area contributed by atoms with Crippen molar-refractivity contribution in [1.29, 1.82) is 0 Å². The lowest BCUT2D eigenvalue weighted by Crippen LogP contribution is -2.35. The van der Waals surface area contributed by atoms with Crippen molar-refractivity contribution < 1.29 is 14.3 Å². The zero-order valence-corrected chi connectivity index (χ0v) is 12.0. The van der Waals surface area contributed by atoms with Crippen LogP contribution in [0.3, 0.4) is 0 Å². The summed E-state index contributed by atoms with van der Waals surface area (Å²) in [5.74, 6) is 0. The van der Waals surface area contributed by atoms with E-state index in [1.165, 1.54) is 0 Å². The standard InChI is InChI=1S/C14H18ClNO3/c1-14(2,3)19-13(18)16-12(7-8-17)10-5-4-6-11(15)9-10/h4-6,8-9,12H,7H2,1-3H3,(H,16,18)/t12-/m1/s1. The number of amides is 1. The number of ether oxygens (including phenoxy) is 1. The highest BCUT2D eigenvalue weighted by atomic mass is 35.5. The summed E-state index contributed by atoms with van der Waals surface area (Å²) in [6.07, 6.45) is 0.363. The van der Waals surface area contributed by atoms with Gasteiger partial charge in [-0.15, -0.1) is 0 Å². The molecule has 1 amide bonds. The molecule has 19 heavy (non-hydrogen) atoms. The summed E-state index contributed by atoms with van der Waals surface area (Å²) in [6, 6.07) is 6.58. The molecule has 1 aromatic carbocycles. The van der Waals surface area contributed by atoms with Gasteiger partial charge in [-0.3, -0.25) is 0 Å². The average molecular weight is 284 g/mol. The Labute approximate surface area is 118 Å². The van der Waals surface area contributed by atoms with Crippen LogP contribution in [-0.4, -0.2) is 18.0 Å². The number of hydrogen-bond donors (Lipinski definition) is 1. The second-order valence-electron chi connectivity index (χ2n) is 5.16. The molecule has 0 unspecified atom stereocenters. The first-order valence-corrected chi connectivity index (χ1v) is 6.38. The van der Waals surface area contributed by atoms with E-state index in [0.29, 0.717) is 5.02 Å². The Morgan fingerprint density at radius 2 is 2.16 bits per heavy atom. The Hall–Kier alpha value is -1.55. The molecule has 4 nitrogen and oxygen atoms in total. The van der Waals surface area contributed by atoms with Crippen LogP contribution in [0.5, 0.6) is 0 Å². The molecule has 0 aliphatic carbocycles. The van der Waals surface area contributed by atoms with E-state index in [1.54, 1.807) is 45.0 Å². The molecule has 1 aromatic rings. The van der Waals surface area contributed by atoms with Crippen LogP contribution in [0.25, 0.3) is 0 Å². The predicted octanol–water partition coefficient (Wildman–Crippen LogP) is 3.49. The molecule has 1 atom stereocenters. The molecule has 0 fully saturated rings. The molecule has 0 bridgehead atoms. The van der Waals surface area contributed by atoms with Gasteiger partial charge in [0.15, 0.2) is 0 Å². The number of hydrogen-bond acceptors (Lipinski definition) is 3. The second kappa shape index (κ2) is 6.57. The molecule has 0 saturated carbocycles. The van der Waals surface area contributed by atoms with E-state index in [4.69, 9.17) is 16.3 Å². The third kappa shape index (κ3) is 5.75. The number of alkyl carbamates (subject to hydrolysis) is 1. The first-order chi connectivity index (χ1) is 8.81. The topological polar surface area (TPSA) is 55.4 Å². The van der Waals surface area contributed by atoms with Crippen LogP contribution >= 0.6 is 11.6 Å². The summed E-state index contributed by atoms with van der Waals surface area (Å²) in [6.45, 7) is 5.34. The molecule has 0 saturated heterocycles. The maximum atomic E-state index is 11.7. The van der Waals surface area contributed by atoms with Crippen molar-refractivity contribution in [2.75, 3.05) is 0 Å². The number of benzene rings is 1. The van der Waals surface area contributed by atoms with E-state index in [9.17, 15) is 9.59 Å². The Balaban J connectivity index is 2.78. The summed E-state index contributed by atoms with van der Waals surface area (Å²) < 4.78 is 5.17. The van der Waals surface area contributed by atoms with Crippen LogP contribution in [0.15, 0.2) is 24.3 Å². The summed E-state index contributed by atoms with van der Waals surface area (Å²) in [5.41, 5.74) is 0.190. The van der Waals surface area contributed by atoms with Gasteiger partial charge in [0.1, 0.15) is 11.9 Å². The molecule has 5 heteroatoms. The van der Waals surface area contributed by atoms with Gasteiger partial charge in [-0.25, -0.2) is 4.79 Å². The number of carbonyl (C=O) groups is 2. The minimum Gasteiger partial charge on any atom is -0.444 e. The highest BCUT2D eigenvalue weighted by molar-refractivity contribution is 6.30. The van der Waals surface area contributed by atoms with Crippen LogP contribution in [0.2, 0.25) is 5.02 Å². The van der Waals surface area contributed by atoms with Crippen LogP contribution in [0, 0.1) is 0 Å². The predicted molar refractivity (Wildman–Crippen MR) is 74.2 cm³/mol. The highest BCUT2D eigenvalue weighted by Gasteiger charge is 2.20. The summed E-state index contributed by atoms with van der Waals surface area (Å²) >= 11 is 5.90. The normalized spacial score (nSPS) is 12.6. The Kier molecular flexibility index (Phi) is 5.36. The van der Waals surface area contributed by atoms with Crippen molar-refractivity contribution in [2.24, 2.45) is 0 Å². The molecular weight excluding hydrogens is 266 g/mol. The molecule has 0 aliphatic heterocycles. The van der Waals surface area contributed by atoms with Gasteiger partial charge in [0.05, 0.1) is 6.04 Å². The lowest BCUT2D eigenvalue weighted by molar-refractivity contribution is -0.108. The van der Waals surface area contributed by atoms with Gasteiger partial charge >= 0.3 is 6.09 Å². The van der Waals surface area contributed by atoms with Crippen LogP contribution in [-0.2, 0) is 9.53 Å². The monoisotopic (exact) mass is 283 g/mol. The van der Waals surface area contributed by atoms with Crippen LogP contribution in [0.4, 0.5) is 4.79 Å². The van der Waals surface area contributed by atoms with Crippen LogP contribution in [0.1, 0.15) is 38.8 Å². The fourth-order valence-electron chi connectivity index (χ4n) is 1.55. The fourth-order valence-corrected chi connectivity index (χ4v) is 1.75. The third-order valence-corrected chi connectivity index (χ3v) is 2.51. The summed E-state index contributed by atoms with van der Waals surface area (Å²) in [4.78, 5) is 22.4. The molecule has 0 radical (unpaired) electrons. The van der Waals surface area contributed by atoms with E-state index < -0.39 is 17.7 Å². The van der Waals surface area contributed by atoms with Gasteiger partial charge in [-0.05, 0) is 38.5 Å². The molecule has 1 N–H and O–H groups in total. The number of carbonyl (C=O) groups excluding carboxylic acids is 2. The smallest absolute Gasteiger partial charge is 0.408 e. The van der Waals surface area contributed by atoms with Gasteiger partial charge in [0.2, 0.25) is 0 Å². The van der Waals surface area contributed by atoms with E-state index >= 15 is 0 Å². The Morgan fingerprint density at radius 3 is 2.68 bits per heavy atom. The molecular formula is C14H18ClNO3. The Bertz CT molecular complexity index is 454. The van der Waals surface area contributed by atoms with E-state index in [1.807, 2.05) is 0 Å². The zero-order valence-electron chi connectivity index (χ0n) is 11.3. The Morgan fingerprint density at radius 1 is 1.47 bits per heavy atom. The largest absolute Gasteiger partial charge is 0.444 e. The molecule has 0 spiro atoms. The first kappa shape index (κ1) is 15.5. The van der Waals surface area contributed by atoms with E-state index in [0.717, 1.165) is 11.8 Å². The maximum absolute atomic E-state index is 11.7. The summed E-state index contributed by atoms with van der Waals surface area (Å²) in [5, 5.41) is 3.22. The first-order valence-electron chi connectivity index (χ1n) is 6.00. The summed E-state index contributed by atoms with van der Waals surface area (Å²) in [7, 11) is 0.